The maximum atomic E-state index is 12.3. The summed E-state index contributed by atoms with van der Waals surface area (Å²) < 4.78 is 0. The maximum absolute atomic E-state index is 12.3. The Bertz CT molecular complexity index is 454. The zero-order valence-corrected chi connectivity index (χ0v) is 11.2. The molecule has 19 heavy (non-hydrogen) atoms. The van der Waals surface area contributed by atoms with Crippen molar-refractivity contribution in [3.63, 3.8) is 0 Å². The largest absolute Gasteiger partial charge is 0.340 e. The van der Waals surface area contributed by atoms with Crippen LogP contribution in [-0.4, -0.2) is 43.5 Å². The van der Waals surface area contributed by atoms with Gasteiger partial charge in [-0.2, -0.15) is 0 Å². The minimum absolute atomic E-state index is 0.187. The van der Waals surface area contributed by atoms with Gasteiger partial charge < -0.3 is 15.5 Å². The van der Waals surface area contributed by atoms with Crippen LogP contribution in [0.2, 0.25) is 0 Å². The molecule has 0 spiro atoms. The van der Waals surface area contributed by atoms with Crippen LogP contribution < -0.4 is 10.6 Å². The molecule has 0 radical (unpaired) electrons. The fraction of sp³-hybridized carbons (Fsp3) is 0.533. The molecule has 102 valence electrons. The first-order valence-corrected chi connectivity index (χ1v) is 7.14. The minimum atomic E-state index is 0.187. The van der Waals surface area contributed by atoms with E-state index in [1.165, 1.54) is 11.1 Å². The second-order valence-electron chi connectivity index (χ2n) is 5.29. The molecule has 1 fully saturated rings. The van der Waals surface area contributed by atoms with Crippen molar-refractivity contribution in [1.82, 2.24) is 15.5 Å². The van der Waals surface area contributed by atoms with Gasteiger partial charge in [0.1, 0.15) is 0 Å². The first kappa shape index (κ1) is 12.6. The van der Waals surface area contributed by atoms with Crippen molar-refractivity contribution < 1.29 is 4.79 Å². The molecule has 1 aromatic carbocycles. The maximum Gasteiger partial charge on any atom is 0.224 e. The number of hydrogen-bond acceptors (Lipinski definition) is 3. The van der Waals surface area contributed by atoms with E-state index in [2.05, 4.69) is 34.9 Å². The fourth-order valence-electron chi connectivity index (χ4n) is 2.99. The SMILES string of the molecule is O=C(CC1NCCc2ccccc21)N1CCNCC1. The lowest BCUT2D eigenvalue weighted by Crippen LogP contribution is -2.47. The lowest BCUT2D eigenvalue weighted by atomic mass is 9.92. The summed E-state index contributed by atoms with van der Waals surface area (Å²) in [7, 11) is 0. The van der Waals surface area contributed by atoms with Gasteiger partial charge in [0.2, 0.25) is 5.91 Å². The van der Waals surface area contributed by atoms with Gasteiger partial charge in [-0.3, -0.25) is 4.79 Å². The van der Waals surface area contributed by atoms with E-state index in [1.807, 2.05) is 4.90 Å². The van der Waals surface area contributed by atoms with Crippen molar-refractivity contribution in [2.75, 3.05) is 32.7 Å². The number of benzene rings is 1. The van der Waals surface area contributed by atoms with Crippen LogP contribution in [-0.2, 0) is 11.2 Å². The van der Waals surface area contributed by atoms with Crippen molar-refractivity contribution in [3.05, 3.63) is 35.4 Å². The number of rotatable bonds is 2. The normalized spacial score (nSPS) is 22.9. The molecule has 3 rings (SSSR count). The molecular weight excluding hydrogens is 238 g/mol. The van der Waals surface area contributed by atoms with Gasteiger partial charge in [-0.15, -0.1) is 0 Å². The number of carbonyl (C=O) groups excluding carboxylic acids is 1. The van der Waals surface area contributed by atoms with Crippen LogP contribution in [0.4, 0.5) is 0 Å². The Morgan fingerprint density at radius 3 is 2.84 bits per heavy atom. The van der Waals surface area contributed by atoms with Gasteiger partial charge in [0.15, 0.2) is 0 Å². The highest BCUT2D eigenvalue weighted by Gasteiger charge is 2.24. The average Bonchev–Trinajstić information content (AvgIpc) is 2.48. The lowest BCUT2D eigenvalue weighted by molar-refractivity contribution is -0.132. The minimum Gasteiger partial charge on any atom is -0.340 e. The van der Waals surface area contributed by atoms with E-state index in [-0.39, 0.29) is 11.9 Å². The van der Waals surface area contributed by atoms with Gasteiger partial charge >= 0.3 is 0 Å². The molecule has 2 aliphatic heterocycles. The van der Waals surface area contributed by atoms with Crippen LogP contribution in [0.15, 0.2) is 24.3 Å². The summed E-state index contributed by atoms with van der Waals surface area (Å²) >= 11 is 0. The molecule has 1 aromatic rings. The van der Waals surface area contributed by atoms with Crippen LogP contribution in [0, 0.1) is 0 Å². The van der Waals surface area contributed by atoms with E-state index in [4.69, 9.17) is 0 Å². The van der Waals surface area contributed by atoms with Gasteiger partial charge in [-0.05, 0) is 24.1 Å². The molecule has 0 bridgehead atoms. The predicted octanol–water partition coefficient (Wildman–Crippen LogP) is 0.695. The van der Waals surface area contributed by atoms with Gasteiger partial charge in [0.25, 0.3) is 0 Å². The van der Waals surface area contributed by atoms with Crippen molar-refractivity contribution in [3.8, 4) is 0 Å². The molecule has 4 heteroatoms. The van der Waals surface area contributed by atoms with E-state index in [0.29, 0.717) is 6.42 Å². The molecule has 0 saturated carbocycles. The quantitative estimate of drug-likeness (QED) is 0.821. The third-order valence-corrected chi connectivity index (χ3v) is 4.06. The summed E-state index contributed by atoms with van der Waals surface area (Å²) in [5, 5.41) is 6.76. The molecule has 2 N–H and O–H groups in total. The number of nitrogens with one attached hydrogen (secondary N) is 2. The number of fused-ring (bicyclic) bond motifs is 1. The highest BCUT2D eigenvalue weighted by atomic mass is 16.2. The zero-order chi connectivity index (χ0) is 13.1. The second-order valence-corrected chi connectivity index (χ2v) is 5.29. The third kappa shape index (κ3) is 2.80. The van der Waals surface area contributed by atoms with Crippen molar-refractivity contribution in [2.45, 2.75) is 18.9 Å². The summed E-state index contributed by atoms with van der Waals surface area (Å²) in [4.78, 5) is 14.3. The molecule has 1 amide bonds. The lowest BCUT2D eigenvalue weighted by Gasteiger charge is -2.31. The first-order valence-electron chi connectivity index (χ1n) is 7.14. The van der Waals surface area contributed by atoms with E-state index in [1.54, 1.807) is 0 Å². The van der Waals surface area contributed by atoms with Gasteiger partial charge in [-0.1, -0.05) is 24.3 Å². The molecule has 0 aliphatic carbocycles. The molecule has 0 aromatic heterocycles. The Kier molecular flexibility index (Phi) is 3.80. The Morgan fingerprint density at radius 2 is 2.00 bits per heavy atom. The highest BCUT2D eigenvalue weighted by molar-refractivity contribution is 5.77. The number of carbonyl (C=O) groups is 1. The standard InChI is InChI=1S/C15H21N3O/c19-15(18-9-7-16-8-10-18)11-14-13-4-2-1-3-12(13)5-6-17-14/h1-4,14,16-17H,5-11H2. The summed E-state index contributed by atoms with van der Waals surface area (Å²) in [5.74, 6) is 0.274. The smallest absolute Gasteiger partial charge is 0.224 e. The summed E-state index contributed by atoms with van der Waals surface area (Å²) in [6.45, 7) is 4.48. The van der Waals surface area contributed by atoms with Crippen LogP contribution >= 0.6 is 0 Å². The molecule has 2 aliphatic rings. The van der Waals surface area contributed by atoms with Crippen molar-refractivity contribution in [1.29, 1.82) is 0 Å². The topological polar surface area (TPSA) is 44.4 Å². The van der Waals surface area contributed by atoms with Crippen molar-refractivity contribution in [2.24, 2.45) is 0 Å². The molecule has 4 nitrogen and oxygen atoms in total. The van der Waals surface area contributed by atoms with Gasteiger partial charge in [0, 0.05) is 38.6 Å². The number of hydrogen-bond donors (Lipinski definition) is 2. The Labute approximate surface area is 114 Å². The number of nitrogens with zero attached hydrogens (tertiary/aromatic N) is 1. The first-order chi connectivity index (χ1) is 9.34. The van der Waals surface area contributed by atoms with Crippen LogP contribution in [0.5, 0.6) is 0 Å². The Morgan fingerprint density at radius 1 is 1.21 bits per heavy atom. The molecule has 1 atom stereocenters. The number of piperazine rings is 1. The monoisotopic (exact) mass is 259 g/mol. The molecule has 1 saturated heterocycles. The summed E-state index contributed by atoms with van der Waals surface area (Å²) in [6.07, 6.45) is 1.64. The number of amides is 1. The molecular formula is C15H21N3O. The van der Waals surface area contributed by atoms with E-state index >= 15 is 0 Å². The van der Waals surface area contributed by atoms with E-state index in [9.17, 15) is 4.79 Å². The second kappa shape index (κ2) is 5.72. The zero-order valence-electron chi connectivity index (χ0n) is 11.2. The van der Waals surface area contributed by atoms with Crippen LogP contribution in [0.25, 0.3) is 0 Å². The fourth-order valence-corrected chi connectivity index (χ4v) is 2.99. The van der Waals surface area contributed by atoms with Gasteiger partial charge in [-0.25, -0.2) is 0 Å². The molecule has 2 heterocycles. The van der Waals surface area contributed by atoms with E-state index < -0.39 is 0 Å². The third-order valence-electron chi connectivity index (χ3n) is 4.06. The Balaban J connectivity index is 1.68. The summed E-state index contributed by atoms with van der Waals surface area (Å²) in [5.41, 5.74) is 2.69. The van der Waals surface area contributed by atoms with E-state index in [0.717, 1.165) is 39.1 Å². The predicted molar refractivity (Wildman–Crippen MR) is 75.0 cm³/mol. The molecule has 1 unspecified atom stereocenters. The average molecular weight is 259 g/mol. The van der Waals surface area contributed by atoms with Gasteiger partial charge in [0.05, 0.1) is 0 Å². The van der Waals surface area contributed by atoms with Crippen LogP contribution in [0.1, 0.15) is 23.6 Å². The van der Waals surface area contributed by atoms with Crippen LogP contribution in [0.3, 0.4) is 0 Å². The van der Waals surface area contributed by atoms with Crippen molar-refractivity contribution >= 4 is 5.91 Å². The Hall–Kier alpha value is -1.39. The summed E-state index contributed by atoms with van der Waals surface area (Å²) in [6, 6.07) is 8.66. The highest BCUT2D eigenvalue weighted by Crippen LogP contribution is 2.25.